The van der Waals surface area contributed by atoms with E-state index in [9.17, 15) is 0 Å². The molecule has 1 atom stereocenters. The van der Waals surface area contributed by atoms with Crippen molar-refractivity contribution in [2.75, 3.05) is 12.8 Å². The van der Waals surface area contributed by atoms with Crippen molar-refractivity contribution >= 4 is 17.3 Å². The van der Waals surface area contributed by atoms with Gasteiger partial charge in [0.15, 0.2) is 0 Å². The van der Waals surface area contributed by atoms with Gasteiger partial charge in [-0.3, -0.25) is 0 Å². The van der Waals surface area contributed by atoms with Crippen molar-refractivity contribution in [3.63, 3.8) is 0 Å². The molecule has 19 heavy (non-hydrogen) atoms. The Morgan fingerprint density at radius 2 is 2.26 bits per heavy atom. The molecule has 3 rings (SSSR count). The second-order valence-corrected chi connectivity index (χ2v) is 5.09. The van der Waals surface area contributed by atoms with Crippen molar-refractivity contribution in [3.05, 3.63) is 29.0 Å². The van der Waals surface area contributed by atoms with Crippen molar-refractivity contribution in [2.24, 2.45) is 5.92 Å². The SMILES string of the molecule is COC(c1noc(-c2ccc(N)c(Cl)c2)n1)C1CC1. The largest absolute Gasteiger partial charge is 0.398 e. The zero-order chi connectivity index (χ0) is 13.4. The van der Waals surface area contributed by atoms with E-state index in [1.807, 2.05) is 0 Å². The number of rotatable bonds is 4. The first kappa shape index (κ1) is 12.4. The summed E-state index contributed by atoms with van der Waals surface area (Å²) in [4.78, 5) is 4.38. The summed E-state index contributed by atoms with van der Waals surface area (Å²) in [6.45, 7) is 0. The predicted molar refractivity (Wildman–Crippen MR) is 71.6 cm³/mol. The van der Waals surface area contributed by atoms with E-state index in [2.05, 4.69) is 10.1 Å². The number of hydrogen-bond acceptors (Lipinski definition) is 5. The van der Waals surface area contributed by atoms with Crippen LogP contribution in [0.2, 0.25) is 5.02 Å². The highest BCUT2D eigenvalue weighted by Crippen LogP contribution is 2.42. The van der Waals surface area contributed by atoms with Crippen LogP contribution in [0.15, 0.2) is 22.7 Å². The maximum absolute atomic E-state index is 5.98. The molecule has 6 heteroatoms. The second-order valence-electron chi connectivity index (χ2n) is 4.69. The zero-order valence-electron chi connectivity index (χ0n) is 10.5. The summed E-state index contributed by atoms with van der Waals surface area (Å²) in [5.74, 6) is 1.53. The molecule has 0 bridgehead atoms. The van der Waals surface area contributed by atoms with E-state index >= 15 is 0 Å². The second kappa shape index (κ2) is 4.83. The highest BCUT2D eigenvalue weighted by molar-refractivity contribution is 6.33. The number of hydrogen-bond donors (Lipinski definition) is 1. The molecule has 1 saturated carbocycles. The first-order valence-electron chi connectivity index (χ1n) is 6.11. The van der Waals surface area contributed by atoms with Crippen LogP contribution < -0.4 is 5.73 Å². The predicted octanol–water partition coefficient (Wildman–Crippen LogP) is 3.07. The van der Waals surface area contributed by atoms with Crippen molar-refractivity contribution in [3.8, 4) is 11.5 Å². The van der Waals surface area contributed by atoms with E-state index in [-0.39, 0.29) is 6.10 Å². The Balaban J connectivity index is 1.89. The van der Waals surface area contributed by atoms with E-state index in [0.717, 1.165) is 18.4 Å². The minimum Gasteiger partial charge on any atom is -0.398 e. The molecule has 1 unspecified atom stereocenters. The highest BCUT2D eigenvalue weighted by atomic mass is 35.5. The Hall–Kier alpha value is -1.59. The molecule has 1 aliphatic carbocycles. The summed E-state index contributed by atoms with van der Waals surface area (Å²) in [7, 11) is 1.67. The van der Waals surface area contributed by atoms with E-state index in [1.165, 1.54) is 0 Å². The first-order valence-corrected chi connectivity index (χ1v) is 6.48. The third-order valence-electron chi connectivity index (χ3n) is 3.25. The molecular weight excluding hydrogens is 266 g/mol. The molecule has 2 aromatic rings. The summed E-state index contributed by atoms with van der Waals surface area (Å²) in [5, 5.41) is 4.47. The molecular formula is C13H14ClN3O2. The Morgan fingerprint density at radius 1 is 1.47 bits per heavy atom. The summed E-state index contributed by atoms with van der Waals surface area (Å²) in [6.07, 6.45) is 2.22. The summed E-state index contributed by atoms with van der Waals surface area (Å²) >= 11 is 5.98. The molecule has 0 amide bonds. The number of aromatic nitrogens is 2. The summed E-state index contributed by atoms with van der Waals surface area (Å²) in [5.41, 5.74) is 6.95. The fourth-order valence-corrected chi connectivity index (χ4v) is 2.22. The number of nitrogens with zero attached hydrogens (tertiary/aromatic N) is 2. The molecule has 0 radical (unpaired) electrons. The van der Waals surface area contributed by atoms with Crippen molar-refractivity contribution < 1.29 is 9.26 Å². The Bertz CT molecular complexity index is 595. The van der Waals surface area contributed by atoms with Gasteiger partial charge in [-0.25, -0.2) is 0 Å². The van der Waals surface area contributed by atoms with Gasteiger partial charge in [0.05, 0.1) is 10.7 Å². The fraction of sp³-hybridized carbons (Fsp3) is 0.385. The third kappa shape index (κ3) is 2.43. The van der Waals surface area contributed by atoms with Crippen molar-refractivity contribution in [1.29, 1.82) is 0 Å². The lowest BCUT2D eigenvalue weighted by molar-refractivity contribution is 0.0751. The number of anilines is 1. The van der Waals surface area contributed by atoms with Gasteiger partial charge in [-0.05, 0) is 37.0 Å². The molecule has 1 aromatic carbocycles. The van der Waals surface area contributed by atoms with Crippen LogP contribution in [0.25, 0.3) is 11.5 Å². The van der Waals surface area contributed by atoms with Gasteiger partial charge >= 0.3 is 0 Å². The molecule has 5 nitrogen and oxygen atoms in total. The number of benzene rings is 1. The minimum absolute atomic E-state index is 0.0817. The lowest BCUT2D eigenvalue weighted by Crippen LogP contribution is -2.05. The Kier molecular flexibility index (Phi) is 3.16. The summed E-state index contributed by atoms with van der Waals surface area (Å²) in [6, 6.07) is 5.24. The highest BCUT2D eigenvalue weighted by Gasteiger charge is 2.35. The Morgan fingerprint density at radius 3 is 2.89 bits per heavy atom. The normalized spacial score (nSPS) is 16.5. The first-order chi connectivity index (χ1) is 9.19. The maximum atomic E-state index is 5.98. The topological polar surface area (TPSA) is 74.2 Å². The fourth-order valence-electron chi connectivity index (χ4n) is 2.04. The number of ether oxygens (including phenoxy) is 1. The lowest BCUT2D eigenvalue weighted by atomic mass is 10.2. The molecule has 0 saturated heterocycles. The lowest BCUT2D eigenvalue weighted by Gasteiger charge is -2.08. The number of halogens is 1. The Labute approximate surface area is 115 Å². The van der Waals surface area contributed by atoms with Crippen LogP contribution in [0.5, 0.6) is 0 Å². The van der Waals surface area contributed by atoms with Gasteiger partial charge in [0.2, 0.25) is 5.82 Å². The molecule has 1 fully saturated rings. The molecule has 100 valence electrons. The van der Waals surface area contributed by atoms with Crippen LogP contribution in [0, 0.1) is 5.92 Å². The van der Waals surface area contributed by atoms with E-state index in [1.54, 1.807) is 25.3 Å². The molecule has 2 N–H and O–H groups in total. The van der Waals surface area contributed by atoms with Gasteiger partial charge in [-0.15, -0.1) is 0 Å². The molecule has 1 aromatic heterocycles. The van der Waals surface area contributed by atoms with Gasteiger partial charge < -0.3 is 15.0 Å². The maximum Gasteiger partial charge on any atom is 0.258 e. The standard InChI is InChI=1S/C13H14ClN3O2/c1-18-11(7-2-3-7)12-16-13(19-17-12)8-4-5-10(15)9(14)6-8/h4-7,11H,2-3,15H2,1H3. The molecule has 1 heterocycles. The molecule has 1 aliphatic rings. The van der Waals surface area contributed by atoms with E-state index in [4.69, 9.17) is 26.6 Å². The van der Waals surface area contributed by atoms with Gasteiger partial charge in [-0.1, -0.05) is 16.8 Å². The summed E-state index contributed by atoms with van der Waals surface area (Å²) < 4.78 is 10.7. The zero-order valence-corrected chi connectivity index (χ0v) is 11.2. The van der Waals surface area contributed by atoms with Crippen LogP contribution in [0.1, 0.15) is 24.8 Å². The third-order valence-corrected chi connectivity index (χ3v) is 3.58. The monoisotopic (exact) mass is 279 g/mol. The number of methoxy groups -OCH3 is 1. The average Bonchev–Trinajstić information content (AvgIpc) is 3.11. The van der Waals surface area contributed by atoms with E-state index < -0.39 is 0 Å². The molecule has 0 aliphatic heterocycles. The molecule has 0 spiro atoms. The van der Waals surface area contributed by atoms with Crippen LogP contribution in [-0.4, -0.2) is 17.3 Å². The van der Waals surface area contributed by atoms with Gasteiger partial charge in [0.1, 0.15) is 6.10 Å². The number of nitrogen functional groups attached to an aromatic ring is 1. The van der Waals surface area contributed by atoms with E-state index in [0.29, 0.717) is 28.3 Å². The minimum atomic E-state index is -0.0817. The van der Waals surface area contributed by atoms with Gasteiger partial charge in [-0.2, -0.15) is 4.98 Å². The van der Waals surface area contributed by atoms with Gasteiger partial charge in [0, 0.05) is 12.7 Å². The van der Waals surface area contributed by atoms with Crippen LogP contribution in [0.3, 0.4) is 0 Å². The number of nitrogens with two attached hydrogens (primary N) is 1. The smallest absolute Gasteiger partial charge is 0.258 e. The quantitative estimate of drug-likeness (QED) is 0.871. The average molecular weight is 280 g/mol. The van der Waals surface area contributed by atoms with Crippen molar-refractivity contribution in [2.45, 2.75) is 18.9 Å². The van der Waals surface area contributed by atoms with Gasteiger partial charge in [0.25, 0.3) is 5.89 Å². The van der Waals surface area contributed by atoms with Crippen LogP contribution in [0.4, 0.5) is 5.69 Å². The van der Waals surface area contributed by atoms with Crippen molar-refractivity contribution in [1.82, 2.24) is 10.1 Å². The van der Waals surface area contributed by atoms with Crippen LogP contribution >= 0.6 is 11.6 Å². The van der Waals surface area contributed by atoms with Crippen LogP contribution in [-0.2, 0) is 4.74 Å².